The average molecular weight is 531 g/mol. The number of rotatable bonds is 10. The van der Waals surface area contributed by atoms with Crippen LogP contribution in [0.2, 0.25) is 0 Å². The normalized spacial score (nSPS) is 15.4. The SMILES string of the molecule is CCNC(=NCC(c1ccc(OC)cc1)N1CCCC1)NCCC(=O)NC(C)C.I. The maximum Gasteiger partial charge on any atom is 0.221 e. The van der Waals surface area contributed by atoms with E-state index in [4.69, 9.17) is 9.73 Å². The quantitative estimate of drug-likeness (QED) is 0.246. The van der Waals surface area contributed by atoms with Gasteiger partial charge in [-0.25, -0.2) is 0 Å². The first-order valence-electron chi connectivity index (χ1n) is 10.7. The zero-order valence-corrected chi connectivity index (χ0v) is 21.1. The lowest BCUT2D eigenvalue weighted by Crippen LogP contribution is -2.40. The first-order valence-corrected chi connectivity index (χ1v) is 10.7. The van der Waals surface area contributed by atoms with Gasteiger partial charge in [-0.1, -0.05) is 12.1 Å². The van der Waals surface area contributed by atoms with Crippen LogP contribution < -0.4 is 20.7 Å². The molecule has 170 valence electrons. The summed E-state index contributed by atoms with van der Waals surface area (Å²) in [6.45, 7) is 10.2. The summed E-state index contributed by atoms with van der Waals surface area (Å²) in [5.74, 6) is 1.67. The Balaban J connectivity index is 0.00000450. The predicted octanol–water partition coefficient (Wildman–Crippen LogP) is 2.92. The third kappa shape index (κ3) is 9.07. The summed E-state index contributed by atoms with van der Waals surface area (Å²) in [5.41, 5.74) is 1.25. The van der Waals surface area contributed by atoms with Crippen LogP contribution in [0.25, 0.3) is 0 Å². The fraction of sp³-hybridized carbons (Fsp3) is 0.636. The van der Waals surface area contributed by atoms with E-state index in [0.717, 1.165) is 31.3 Å². The Kier molecular flexibility index (Phi) is 12.8. The topological polar surface area (TPSA) is 78.0 Å². The van der Waals surface area contributed by atoms with Crippen LogP contribution in [0.15, 0.2) is 29.3 Å². The van der Waals surface area contributed by atoms with Crippen LogP contribution in [-0.4, -0.2) is 62.6 Å². The second-order valence-corrected chi connectivity index (χ2v) is 7.65. The number of hydrogen-bond acceptors (Lipinski definition) is 4. The molecule has 1 heterocycles. The second-order valence-electron chi connectivity index (χ2n) is 7.65. The largest absolute Gasteiger partial charge is 0.497 e. The van der Waals surface area contributed by atoms with Crippen molar-refractivity contribution in [2.24, 2.45) is 4.99 Å². The van der Waals surface area contributed by atoms with E-state index >= 15 is 0 Å². The van der Waals surface area contributed by atoms with Crippen LogP contribution in [0.4, 0.5) is 0 Å². The number of amides is 1. The molecule has 1 aliphatic rings. The van der Waals surface area contributed by atoms with E-state index in [1.54, 1.807) is 7.11 Å². The lowest BCUT2D eigenvalue weighted by molar-refractivity contribution is -0.121. The van der Waals surface area contributed by atoms with Crippen molar-refractivity contribution in [2.45, 2.75) is 52.1 Å². The van der Waals surface area contributed by atoms with E-state index < -0.39 is 0 Å². The fourth-order valence-corrected chi connectivity index (χ4v) is 3.52. The van der Waals surface area contributed by atoms with Crippen molar-refractivity contribution in [3.8, 4) is 5.75 Å². The van der Waals surface area contributed by atoms with Gasteiger partial charge in [0, 0.05) is 25.6 Å². The molecule has 2 rings (SSSR count). The highest BCUT2D eigenvalue weighted by Gasteiger charge is 2.23. The highest BCUT2D eigenvalue weighted by atomic mass is 127. The minimum Gasteiger partial charge on any atom is -0.497 e. The zero-order valence-electron chi connectivity index (χ0n) is 18.7. The number of guanidine groups is 1. The highest BCUT2D eigenvalue weighted by molar-refractivity contribution is 14.0. The van der Waals surface area contributed by atoms with Crippen molar-refractivity contribution in [2.75, 3.05) is 39.8 Å². The maximum absolute atomic E-state index is 11.8. The first-order chi connectivity index (χ1) is 14.0. The number of nitrogens with zero attached hydrogens (tertiary/aromatic N) is 2. The molecule has 0 saturated carbocycles. The Morgan fingerprint density at radius 2 is 1.83 bits per heavy atom. The lowest BCUT2D eigenvalue weighted by atomic mass is 10.1. The van der Waals surface area contributed by atoms with Crippen molar-refractivity contribution < 1.29 is 9.53 Å². The number of methoxy groups -OCH3 is 1. The average Bonchev–Trinajstić information content (AvgIpc) is 3.22. The molecule has 7 nitrogen and oxygen atoms in total. The molecule has 0 spiro atoms. The minimum absolute atomic E-state index is 0. The number of aliphatic imine (C=N–C) groups is 1. The molecule has 1 aromatic rings. The summed E-state index contributed by atoms with van der Waals surface area (Å²) in [4.78, 5) is 19.2. The standard InChI is InChI=1S/C22H37N5O2.HI/c1-5-23-22(24-13-12-21(28)26-17(2)3)25-16-20(27-14-6-7-15-27)18-8-10-19(29-4)11-9-18;/h8-11,17,20H,5-7,12-16H2,1-4H3,(H,26,28)(H2,23,24,25);1H. The summed E-state index contributed by atoms with van der Waals surface area (Å²) >= 11 is 0. The fourth-order valence-electron chi connectivity index (χ4n) is 3.52. The third-order valence-electron chi connectivity index (χ3n) is 4.94. The number of carbonyl (C=O) groups excluding carboxylic acids is 1. The summed E-state index contributed by atoms with van der Waals surface area (Å²) < 4.78 is 5.30. The monoisotopic (exact) mass is 531 g/mol. The van der Waals surface area contributed by atoms with Crippen LogP contribution in [0.3, 0.4) is 0 Å². The van der Waals surface area contributed by atoms with E-state index in [9.17, 15) is 4.79 Å². The molecule has 1 fully saturated rings. The van der Waals surface area contributed by atoms with Gasteiger partial charge in [0.1, 0.15) is 5.75 Å². The van der Waals surface area contributed by atoms with Crippen molar-refractivity contribution in [1.29, 1.82) is 0 Å². The van der Waals surface area contributed by atoms with Gasteiger partial charge in [0.05, 0.1) is 19.7 Å². The van der Waals surface area contributed by atoms with Crippen LogP contribution >= 0.6 is 24.0 Å². The van der Waals surface area contributed by atoms with Crippen LogP contribution in [0.5, 0.6) is 5.75 Å². The summed E-state index contributed by atoms with van der Waals surface area (Å²) in [6, 6.07) is 8.69. The first kappa shape index (κ1) is 26.5. The van der Waals surface area contributed by atoms with Gasteiger partial charge >= 0.3 is 0 Å². The van der Waals surface area contributed by atoms with Crippen molar-refractivity contribution in [3.63, 3.8) is 0 Å². The number of nitrogens with one attached hydrogen (secondary N) is 3. The Labute approximate surface area is 198 Å². The zero-order chi connectivity index (χ0) is 21.1. The van der Waals surface area contributed by atoms with Crippen molar-refractivity contribution >= 4 is 35.8 Å². The van der Waals surface area contributed by atoms with Crippen LogP contribution in [0, 0.1) is 0 Å². The minimum atomic E-state index is 0. The van der Waals surface area contributed by atoms with Gasteiger partial charge < -0.3 is 20.7 Å². The van der Waals surface area contributed by atoms with Gasteiger partial charge in [0.25, 0.3) is 0 Å². The summed E-state index contributed by atoms with van der Waals surface area (Å²) in [7, 11) is 1.69. The predicted molar refractivity (Wildman–Crippen MR) is 134 cm³/mol. The van der Waals surface area contributed by atoms with Crippen molar-refractivity contribution in [1.82, 2.24) is 20.9 Å². The summed E-state index contributed by atoms with van der Waals surface area (Å²) in [5, 5.41) is 9.47. The molecule has 1 unspecified atom stereocenters. The number of carbonyl (C=O) groups is 1. The molecule has 1 aromatic carbocycles. The smallest absolute Gasteiger partial charge is 0.221 e. The van der Waals surface area contributed by atoms with E-state index in [0.29, 0.717) is 19.5 Å². The second kappa shape index (κ2) is 14.5. The van der Waals surface area contributed by atoms with E-state index in [2.05, 4.69) is 33.0 Å². The van der Waals surface area contributed by atoms with E-state index in [-0.39, 0.29) is 42.0 Å². The molecule has 0 bridgehead atoms. The van der Waals surface area contributed by atoms with E-state index in [1.165, 1.54) is 18.4 Å². The Bertz CT molecular complexity index is 645. The van der Waals surface area contributed by atoms with Gasteiger partial charge in [0.2, 0.25) is 5.91 Å². The lowest BCUT2D eigenvalue weighted by Gasteiger charge is -2.27. The molecule has 1 atom stereocenters. The van der Waals surface area contributed by atoms with Crippen molar-refractivity contribution in [3.05, 3.63) is 29.8 Å². The molecule has 3 N–H and O–H groups in total. The molecular formula is C22H38IN5O2. The molecule has 0 radical (unpaired) electrons. The number of likely N-dealkylation sites (tertiary alicyclic amines) is 1. The Morgan fingerprint density at radius 3 is 2.40 bits per heavy atom. The Hall–Kier alpha value is -1.55. The number of halogens is 1. The highest BCUT2D eigenvalue weighted by Crippen LogP contribution is 2.27. The van der Waals surface area contributed by atoms with Gasteiger partial charge in [-0.2, -0.15) is 0 Å². The molecule has 1 aliphatic heterocycles. The molecule has 30 heavy (non-hydrogen) atoms. The molecule has 1 amide bonds. The molecular weight excluding hydrogens is 493 g/mol. The Morgan fingerprint density at radius 1 is 1.17 bits per heavy atom. The van der Waals surface area contributed by atoms with E-state index in [1.807, 2.05) is 32.9 Å². The number of benzene rings is 1. The van der Waals surface area contributed by atoms with Gasteiger partial charge in [-0.15, -0.1) is 24.0 Å². The molecule has 1 saturated heterocycles. The van der Waals surface area contributed by atoms with Gasteiger partial charge in [-0.05, 0) is 64.4 Å². The molecule has 8 heteroatoms. The summed E-state index contributed by atoms with van der Waals surface area (Å²) in [6.07, 6.45) is 2.90. The number of hydrogen-bond donors (Lipinski definition) is 3. The molecule has 0 aromatic heterocycles. The maximum atomic E-state index is 11.8. The molecule has 0 aliphatic carbocycles. The third-order valence-corrected chi connectivity index (χ3v) is 4.94. The van der Waals surface area contributed by atoms with Gasteiger partial charge in [-0.3, -0.25) is 14.7 Å². The van der Waals surface area contributed by atoms with Crippen LogP contribution in [0.1, 0.15) is 51.6 Å². The number of ether oxygens (including phenoxy) is 1. The van der Waals surface area contributed by atoms with Gasteiger partial charge in [0.15, 0.2) is 5.96 Å². The van der Waals surface area contributed by atoms with Crippen LogP contribution in [-0.2, 0) is 4.79 Å².